The maximum Gasteiger partial charge on any atom is 0.271 e. The van der Waals surface area contributed by atoms with E-state index in [0.29, 0.717) is 6.54 Å². The van der Waals surface area contributed by atoms with Crippen molar-refractivity contribution >= 4 is 16.6 Å². The van der Waals surface area contributed by atoms with Crippen LogP contribution in [0.15, 0.2) is 29.1 Å². The molecule has 1 aliphatic rings. The van der Waals surface area contributed by atoms with Gasteiger partial charge in [0.15, 0.2) is 0 Å². The van der Waals surface area contributed by atoms with Crippen molar-refractivity contribution in [1.82, 2.24) is 9.88 Å². The third-order valence-electron chi connectivity index (χ3n) is 4.10. The molecular weight excluding hydrogens is 262 g/mol. The number of aryl methyl sites for hydroxylation is 1. The van der Waals surface area contributed by atoms with Crippen LogP contribution in [0.2, 0.25) is 0 Å². The van der Waals surface area contributed by atoms with Gasteiger partial charge in [-0.1, -0.05) is 24.1 Å². The molecule has 3 rings (SSSR count). The molecule has 0 radical (unpaired) electrons. The molecule has 1 aromatic carbocycles. The number of nitrogens with zero attached hydrogens (tertiary/aromatic N) is 2. The number of aromatic nitrogens is 1. The lowest BCUT2D eigenvalue weighted by atomic mass is 10.1. The Bertz CT molecular complexity index is 749. The van der Waals surface area contributed by atoms with Gasteiger partial charge in [-0.05, 0) is 18.6 Å². The van der Waals surface area contributed by atoms with Crippen molar-refractivity contribution < 1.29 is 0 Å². The molecule has 2 aromatic rings. The summed E-state index contributed by atoms with van der Waals surface area (Å²) in [5.41, 5.74) is 2.77. The van der Waals surface area contributed by atoms with Gasteiger partial charge in [0.2, 0.25) is 0 Å². The predicted octanol–water partition coefficient (Wildman–Crippen LogP) is 1.59. The monoisotopic (exact) mass is 281 g/mol. The molecule has 0 saturated carbocycles. The first-order chi connectivity index (χ1) is 10.2. The van der Waals surface area contributed by atoms with Gasteiger partial charge in [-0.15, -0.1) is 6.42 Å². The first-order valence-electron chi connectivity index (χ1n) is 7.22. The molecule has 0 aliphatic carbocycles. The normalized spacial score (nSPS) is 16.1. The average molecular weight is 281 g/mol. The number of rotatable bonds is 2. The molecule has 4 nitrogen and oxygen atoms in total. The number of pyridine rings is 1. The van der Waals surface area contributed by atoms with Crippen molar-refractivity contribution in [2.45, 2.75) is 6.92 Å². The first-order valence-corrected chi connectivity index (χ1v) is 7.22. The number of hydrogen-bond acceptors (Lipinski definition) is 3. The molecule has 108 valence electrons. The SMILES string of the molecule is C#CCN1CCN(c2cc3cccc(C)c3[nH]c2=O)CC1. The summed E-state index contributed by atoms with van der Waals surface area (Å²) in [6.45, 7) is 6.16. The molecule has 4 heteroatoms. The van der Waals surface area contributed by atoms with Crippen LogP contribution in [0.3, 0.4) is 0 Å². The minimum Gasteiger partial charge on any atom is -0.364 e. The standard InChI is InChI=1S/C17H19N3O/c1-3-7-19-8-10-20(11-9-19)15-12-14-6-4-5-13(2)16(14)18-17(15)21/h1,4-6,12H,7-11H2,2H3,(H,18,21). The maximum absolute atomic E-state index is 12.3. The minimum absolute atomic E-state index is 0.0119. The Kier molecular flexibility index (Phi) is 3.68. The minimum atomic E-state index is -0.0119. The van der Waals surface area contributed by atoms with E-state index in [9.17, 15) is 4.79 Å². The summed E-state index contributed by atoms with van der Waals surface area (Å²) >= 11 is 0. The van der Waals surface area contributed by atoms with Crippen molar-refractivity contribution in [2.24, 2.45) is 0 Å². The molecule has 0 spiro atoms. The van der Waals surface area contributed by atoms with Gasteiger partial charge in [-0.3, -0.25) is 9.69 Å². The molecular formula is C17H19N3O. The van der Waals surface area contributed by atoms with E-state index in [4.69, 9.17) is 6.42 Å². The fraction of sp³-hybridized carbons (Fsp3) is 0.353. The first kappa shape index (κ1) is 13.7. The molecule has 1 aliphatic heterocycles. The fourth-order valence-corrected chi connectivity index (χ4v) is 2.88. The number of fused-ring (bicyclic) bond motifs is 1. The molecule has 1 saturated heterocycles. The number of para-hydroxylation sites is 1. The zero-order chi connectivity index (χ0) is 14.8. The smallest absolute Gasteiger partial charge is 0.271 e. The van der Waals surface area contributed by atoms with E-state index in [2.05, 4.69) is 20.7 Å². The Morgan fingerprint density at radius 2 is 2.05 bits per heavy atom. The van der Waals surface area contributed by atoms with Crippen LogP contribution in [0.1, 0.15) is 5.56 Å². The van der Waals surface area contributed by atoms with Crippen molar-refractivity contribution in [2.75, 3.05) is 37.6 Å². The lowest BCUT2D eigenvalue weighted by Crippen LogP contribution is -2.47. The summed E-state index contributed by atoms with van der Waals surface area (Å²) in [6, 6.07) is 8.07. The van der Waals surface area contributed by atoms with Crippen LogP contribution in [0, 0.1) is 19.3 Å². The number of nitrogens with one attached hydrogen (secondary N) is 1. The van der Waals surface area contributed by atoms with E-state index in [1.165, 1.54) is 0 Å². The number of anilines is 1. The van der Waals surface area contributed by atoms with Crippen LogP contribution in [0.4, 0.5) is 5.69 Å². The summed E-state index contributed by atoms with van der Waals surface area (Å²) < 4.78 is 0. The van der Waals surface area contributed by atoms with Crippen molar-refractivity contribution in [3.8, 4) is 12.3 Å². The highest BCUT2D eigenvalue weighted by molar-refractivity contribution is 5.84. The second-order valence-electron chi connectivity index (χ2n) is 5.49. The summed E-state index contributed by atoms with van der Waals surface area (Å²) in [4.78, 5) is 19.7. The van der Waals surface area contributed by atoms with E-state index >= 15 is 0 Å². The Morgan fingerprint density at radius 3 is 2.76 bits per heavy atom. The van der Waals surface area contributed by atoms with E-state index < -0.39 is 0 Å². The Morgan fingerprint density at radius 1 is 1.29 bits per heavy atom. The summed E-state index contributed by atoms with van der Waals surface area (Å²) in [6.07, 6.45) is 5.35. The third-order valence-corrected chi connectivity index (χ3v) is 4.10. The lowest BCUT2D eigenvalue weighted by molar-refractivity contribution is 0.288. The van der Waals surface area contributed by atoms with Gasteiger partial charge in [-0.25, -0.2) is 0 Å². The molecule has 1 aromatic heterocycles. The zero-order valence-electron chi connectivity index (χ0n) is 12.2. The van der Waals surface area contributed by atoms with Gasteiger partial charge >= 0.3 is 0 Å². The number of piperazine rings is 1. The summed E-state index contributed by atoms with van der Waals surface area (Å²) in [5.74, 6) is 2.67. The van der Waals surface area contributed by atoms with Gasteiger partial charge in [0.05, 0.1) is 12.1 Å². The van der Waals surface area contributed by atoms with Crippen molar-refractivity contribution in [3.63, 3.8) is 0 Å². The van der Waals surface area contributed by atoms with Crippen LogP contribution in [-0.4, -0.2) is 42.6 Å². The number of H-pyrrole nitrogens is 1. The Hall–Kier alpha value is -2.25. The van der Waals surface area contributed by atoms with Crippen molar-refractivity contribution in [3.05, 3.63) is 40.2 Å². The highest BCUT2D eigenvalue weighted by atomic mass is 16.1. The molecule has 0 atom stereocenters. The van der Waals surface area contributed by atoms with Crippen LogP contribution < -0.4 is 10.5 Å². The zero-order valence-corrected chi connectivity index (χ0v) is 12.2. The number of benzene rings is 1. The quantitative estimate of drug-likeness (QED) is 0.850. The summed E-state index contributed by atoms with van der Waals surface area (Å²) in [5, 5.41) is 1.08. The third kappa shape index (κ3) is 2.65. The van der Waals surface area contributed by atoms with Crippen molar-refractivity contribution in [1.29, 1.82) is 0 Å². The molecule has 0 unspecified atom stereocenters. The van der Waals surface area contributed by atoms with E-state index in [-0.39, 0.29) is 5.56 Å². The Labute approximate surface area is 124 Å². The van der Waals surface area contributed by atoms with Gasteiger partial charge in [0.1, 0.15) is 5.69 Å². The van der Waals surface area contributed by atoms with E-state index in [1.807, 2.05) is 31.2 Å². The second-order valence-corrected chi connectivity index (χ2v) is 5.49. The van der Waals surface area contributed by atoms with Crippen LogP contribution in [0.25, 0.3) is 10.9 Å². The topological polar surface area (TPSA) is 39.3 Å². The number of aromatic amines is 1. The fourth-order valence-electron chi connectivity index (χ4n) is 2.88. The van der Waals surface area contributed by atoms with Crippen LogP contribution >= 0.6 is 0 Å². The molecule has 0 amide bonds. The maximum atomic E-state index is 12.3. The molecule has 1 N–H and O–H groups in total. The van der Waals surface area contributed by atoms with E-state index in [1.54, 1.807) is 0 Å². The molecule has 0 bridgehead atoms. The van der Waals surface area contributed by atoms with Crippen LogP contribution in [-0.2, 0) is 0 Å². The van der Waals surface area contributed by atoms with Gasteiger partial charge in [0.25, 0.3) is 5.56 Å². The lowest BCUT2D eigenvalue weighted by Gasteiger charge is -2.34. The largest absolute Gasteiger partial charge is 0.364 e. The molecule has 2 heterocycles. The van der Waals surface area contributed by atoms with Gasteiger partial charge < -0.3 is 9.88 Å². The number of hydrogen-bond donors (Lipinski definition) is 1. The van der Waals surface area contributed by atoms with Gasteiger partial charge in [-0.2, -0.15) is 0 Å². The van der Waals surface area contributed by atoms with Gasteiger partial charge in [0, 0.05) is 31.6 Å². The predicted molar refractivity (Wildman–Crippen MR) is 86.8 cm³/mol. The number of terminal acetylenes is 1. The highest BCUT2D eigenvalue weighted by Gasteiger charge is 2.19. The van der Waals surface area contributed by atoms with Crippen LogP contribution in [0.5, 0.6) is 0 Å². The highest BCUT2D eigenvalue weighted by Crippen LogP contribution is 2.19. The molecule has 1 fully saturated rings. The second kappa shape index (κ2) is 5.63. The molecule has 21 heavy (non-hydrogen) atoms. The average Bonchev–Trinajstić information content (AvgIpc) is 2.49. The Balaban J connectivity index is 1.90. The summed E-state index contributed by atoms with van der Waals surface area (Å²) in [7, 11) is 0. The van der Waals surface area contributed by atoms with E-state index in [0.717, 1.165) is 48.3 Å².